The predicted octanol–water partition coefficient (Wildman–Crippen LogP) is 4.16. The zero-order chi connectivity index (χ0) is 13.3. The van der Waals surface area contributed by atoms with Crippen LogP contribution < -0.4 is 0 Å². The van der Waals surface area contributed by atoms with Crippen molar-refractivity contribution in [3.63, 3.8) is 0 Å². The summed E-state index contributed by atoms with van der Waals surface area (Å²) in [6.07, 6.45) is 2.00. The number of nitrogens with zero attached hydrogens (tertiary/aromatic N) is 2. The van der Waals surface area contributed by atoms with Crippen LogP contribution in [0.5, 0.6) is 5.88 Å². The number of rotatable bonds is 4. The second-order valence-corrected chi connectivity index (χ2v) is 4.75. The van der Waals surface area contributed by atoms with Gasteiger partial charge in [-0.25, -0.2) is 0 Å². The van der Waals surface area contributed by atoms with E-state index < -0.39 is 0 Å². The molecule has 0 aliphatic rings. The van der Waals surface area contributed by atoms with Crippen LogP contribution in [0.15, 0.2) is 17.3 Å². The van der Waals surface area contributed by atoms with E-state index in [1.165, 1.54) is 0 Å². The molecule has 1 aromatic carbocycles. The third-order valence-electron chi connectivity index (χ3n) is 3.26. The largest absolute Gasteiger partial charge is 0.493 e. The van der Waals surface area contributed by atoms with Crippen LogP contribution in [-0.2, 0) is 6.54 Å². The van der Waals surface area contributed by atoms with Gasteiger partial charge in [0.15, 0.2) is 5.69 Å². The van der Waals surface area contributed by atoms with Crippen LogP contribution in [0.3, 0.4) is 0 Å². The Bertz CT molecular complexity index is 600. The molecule has 0 saturated carbocycles. The standard InChI is InChI=1S/C14H18N2O2/c1-4-5-6-16-13-10(3)7-9(2)8-11(13)12(15-18)14(16)17/h7-8,17H,4-6H2,1-3H3. The van der Waals surface area contributed by atoms with Crippen molar-refractivity contribution in [3.05, 3.63) is 28.2 Å². The molecule has 0 spiro atoms. The van der Waals surface area contributed by atoms with Gasteiger partial charge < -0.3 is 9.67 Å². The highest BCUT2D eigenvalue weighted by Gasteiger charge is 2.18. The molecule has 96 valence electrons. The zero-order valence-corrected chi connectivity index (χ0v) is 11.0. The molecule has 0 bridgehead atoms. The number of hydrogen-bond donors (Lipinski definition) is 1. The lowest BCUT2D eigenvalue weighted by Gasteiger charge is -2.08. The van der Waals surface area contributed by atoms with Gasteiger partial charge in [0.1, 0.15) is 0 Å². The summed E-state index contributed by atoms with van der Waals surface area (Å²) >= 11 is 0. The van der Waals surface area contributed by atoms with Crippen molar-refractivity contribution >= 4 is 16.6 Å². The lowest BCUT2D eigenvalue weighted by atomic mass is 10.1. The molecule has 0 aliphatic heterocycles. The molecule has 0 amide bonds. The first-order chi connectivity index (χ1) is 8.60. The maximum absolute atomic E-state index is 10.9. The average molecular weight is 246 g/mol. The Hall–Kier alpha value is -1.84. The predicted molar refractivity (Wildman–Crippen MR) is 73.4 cm³/mol. The SMILES string of the molecule is CCCCn1c(O)c(N=O)c2cc(C)cc(C)c21. The number of aryl methyl sites for hydroxylation is 3. The van der Waals surface area contributed by atoms with Crippen LogP contribution in [0, 0.1) is 18.8 Å². The monoisotopic (exact) mass is 246 g/mol. The highest BCUT2D eigenvalue weighted by Crippen LogP contribution is 2.40. The maximum Gasteiger partial charge on any atom is 0.222 e. The Labute approximate surface area is 106 Å². The van der Waals surface area contributed by atoms with Crippen molar-refractivity contribution in [1.82, 2.24) is 4.57 Å². The van der Waals surface area contributed by atoms with Gasteiger partial charge in [0.25, 0.3) is 0 Å². The number of nitroso groups, excluding NO2 is 1. The third-order valence-corrected chi connectivity index (χ3v) is 3.26. The summed E-state index contributed by atoms with van der Waals surface area (Å²) in [6.45, 7) is 6.77. The highest BCUT2D eigenvalue weighted by atomic mass is 16.3. The van der Waals surface area contributed by atoms with Crippen LogP contribution in [-0.4, -0.2) is 9.67 Å². The second kappa shape index (κ2) is 4.80. The van der Waals surface area contributed by atoms with Gasteiger partial charge in [-0.2, -0.15) is 0 Å². The summed E-state index contributed by atoms with van der Waals surface area (Å²) in [5, 5.41) is 13.9. The van der Waals surface area contributed by atoms with Crippen molar-refractivity contribution in [1.29, 1.82) is 0 Å². The van der Waals surface area contributed by atoms with Crippen molar-refractivity contribution in [2.45, 2.75) is 40.2 Å². The summed E-state index contributed by atoms with van der Waals surface area (Å²) in [7, 11) is 0. The van der Waals surface area contributed by atoms with Crippen LogP contribution in [0.25, 0.3) is 10.9 Å². The molecule has 1 aromatic heterocycles. The van der Waals surface area contributed by atoms with Gasteiger partial charge in [-0.3, -0.25) is 0 Å². The van der Waals surface area contributed by atoms with E-state index in [4.69, 9.17) is 0 Å². The fourth-order valence-corrected chi connectivity index (χ4v) is 2.48. The van der Waals surface area contributed by atoms with Crippen molar-refractivity contribution in [2.24, 2.45) is 5.18 Å². The molecular weight excluding hydrogens is 228 g/mol. The number of aromatic hydroxyl groups is 1. The van der Waals surface area contributed by atoms with Gasteiger partial charge in [-0.05, 0) is 37.1 Å². The molecule has 0 atom stereocenters. The minimum absolute atomic E-state index is 0.0119. The molecular formula is C14H18N2O2. The number of benzene rings is 1. The first-order valence-corrected chi connectivity index (χ1v) is 6.26. The van der Waals surface area contributed by atoms with Crippen LogP contribution in [0.4, 0.5) is 5.69 Å². The molecule has 0 radical (unpaired) electrons. The van der Waals surface area contributed by atoms with Crippen LogP contribution in [0.2, 0.25) is 0 Å². The van der Waals surface area contributed by atoms with Crippen molar-refractivity contribution in [2.75, 3.05) is 0 Å². The minimum Gasteiger partial charge on any atom is -0.493 e. The van der Waals surface area contributed by atoms with E-state index in [0.717, 1.165) is 34.9 Å². The van der Waals surface area contributed by atoms with E-state index in [0.29, 0.717) is 6.54 Å². The minimum atomic E-state index is -0.0119. The van der Waals surface area contributed by atoms with Crippen molar-refractivity contribution in [3.8, 4) is 5.88 Å². The number of aromatic nitrogens is 1. The van der Waals surface area contributed by atoms with Gasteiger partial charge in [0, 0.05) is 11.9 Å². The normalized spacial score (nSPS) is 11.1. The van der Waals surface area contributed by atoms with Crippen LogP contribution >= 0.6 is 0 Å². The Morgan fingerprint density at radius 1 is 1.33 bits per heavy atom. The first kappa shape index (κ1) is 12.6. The fourth-order valence-electron chi connectivity index (χ4n) is 2.48. The highest BCUT2D eigenvalue weighted by molar-refractivity contribution is 5.97. The van der Waals surface area contributed by atoms with Gasteiger partial charge >= 0.3 is 0 Å². The van der Waals surface area contributed by atoms with E-state index in [2.05, 4.69) is 18.2 Å². The van der Waals surface area contributed by atoms with E-state index >= 15 is 0 Å². The van der Waals surface area contributed by atoms with E-state index in [1.807, 2.05) is 19.9 Å². The number of fused-ring (bicyclic) bond motifs is 1. The smallest absolute Gasteiger partial charge is 0.222 e. The molecule has 2 aromatic rings. The fraction of sp³-hybridized carbons (Fsp3) is 0.429. The number of hydrogen-bond acceptors (Lipinski definition) is 3. The lowest BCUT2D eigenvalue weighted by Crippen LogP contribution is -1.98. The molecule has 0 saturated heterocycles. The molecule has 2 rings (SSSR count). The van der Waals surface area contributed by atoms with E-state index in [9.17, 15) is 10.0 Å². The van der Waals surface area contributed by atoms with Crippen molar-refractivity contribution < 1.29 is 5.11 Å². The summed E-state index contributed by atoms with van der Waals surface area (Å²) in [4.78, 5) is 10.9. The molecule has 0 unspecified atom stereocenters. The molecule has 4 heteroatoms. The summed E-state index contributed by atoms with van der Waals surface area (Å²) in [6, 6.07) is 3.96. The molecule has 4 nitrogen and oxygen atoms in total. The third kappa shape index (κ3) is 1.88. The Morgan fingerprint density at radius 3 is 2.67 bits per heavy atom. The molecule has 1 heterocycles. The molecule has 1 N–H and O–H groups in total. The average Bonchev–Trinajstić information content (AvgIpc) is 2.58. The van der Waals surface area contributed by atoms with Gasteiger partial charge in [-0.15, -0.1) is 4.91 Å². The lowest BCUT2D eigenvalue weighted by molar-refractivity contribution is 0.418. The molecule has 0 fully saturated rings. The van der Waals surface area contributed by atoms with Gasteiger partial charge in [0.05, 0.1) is 5.52 Å². The Morgan fingerprint density at radius 2 is 2.06 bits per heavy atom. The Kier molecular flexibility index (Phi) is 3.36. The molecule has 18 heavy (non-hydrogen) atoms. The summed E-state index contributed by atoms with van der Waals surface area (Å²) < 4.78 is 1.80. The summed E-state index contributed by atoms with van der Waals surface area (Å²) in [5.74, 6) is -0.0119. The van der Waals surface area contributed by atoms with E-state index in [1.54, 1.807) is 4.57 Å². The van der Waals surface area contributed by atoms with Gasteiger partial charge in [0.2, 0.25) is 5.88 Å². The second-order valence-electron chi connectivity index (χ2n) is 4.75. The van der Waals surface area contributed by atoms with Gasteiger partial charge in [-0.1, -0.05) is 25.0 Å². The quantitative estimate of drug-likeness (QED) is 0.823. The zero-order valence-electron chi connectivity index (χ0n) is 11.0. The van der Waals surface area contributed by atoms with E-state index in [-0.39, 0.29) is 11.6 Å². The Balaban J connectivity index is 2.76. The van der Waals surface area contributed by atoms with Crippen LogP contribution in [0.1, 0.15) is 30.9 Å². The first-order valence-electron chi connectivity index (χ1n) is 6.26. The number of unbranched alkanes of at least 4 members (excludes halogenated alkanes) is 1. The maximum atomic E-state index is 10.9. The summed E-state index contributed by atoms with van der Waals surface area (Å²) in [5.41, 5.74) is 3.21. The topological polar surface area (TPSA) is 54.6 Å². The molecule has 0 aliphatic carbocycles.